The highest BCUT2D eigenvalue weighted by molar-refractivity contribution is 7.17. The number of nitrogens with zero attached hydrogens (tertiary/aromatic N) is 2. The van der Waals surface area contributed by atoms with Crippen LogP contribution in [0.4, 0.5) is 5.13 Å². The number of aryl methyl sites for hydroxylation is 1. The van der Waals surface area contributed by atoms with Crippen LogP contribution in [0.3, 0.4) is 0 Å². The van der Waals surface area contributed by atoms with Gasteiger partial charge in [0.2, 0.25) is 0 Å². The smallest absolute Gasteiger partial charge is 0.263 e. The van der Waals surface area contributed by atoms with Crippen LogP contribution in [-0.2, 0) is 0 Å². The van der Waals surface area contributed by atoms with Crippen LogP contribution in [0.15, 0.2) is 0 Å². The first-order chi connectivity index (χ1) is 9.10. The summed E-state index contributed by atoms with van der Waals surface area (Å²) in [5.74, 6) is -0.0272. The zero-order valence-electron chi connectivity index (χ0n) is 11.6. The Labute approximate surface area is 118 Å². The summed E-state index contributed by atoms with van der Waals surface area (Å²) in [7, 11) is 0. The van der Waals surface area contributed by atoms with Gasteiger partial charge in [-0.1, -0.05) is 18.3 Å². The maximum Gasteiger partial charge on any atom is 0.263 e. The Kier molecular flexibility index (Phi) is 4.76. The molecule has 1 aromatic heterocycles. The lowest BCUT2D eigenvalue weighted by Crippen LogP contribution is -2.44. The van der Waals surface area contributed by atoms with E-state index in [2.05, 4.69) is 22.1 Å². The van der Waals surface area contributed by atoms with Crippen molar-refractivity contribution in [2.75, 3.05) is 25.4 Å². The molecule has 5 nitrogen and oxygen atoms in total. The van der Waals surface area contributed by atoms with Gasteiger partial charge in [-0.25, -0.2) is 4.98 Å². The molecule has 0 unspecified atom stereocenters. The van der Waals surface area contributed by atoms with E-state index in [1.165, 1.54) is 17.8 Å². The maximum absolute atomic E-state index is 12.1. The fourth-order valence-corrected chi connectivity index (χ4v) is 3.23. The Morgan fingerprint density at radius 3 is 2.74 bits per heavy atom. The first-order valence-corrected chi connectivity index (χ1v) is 7.68. The van der Waals surface area contributed by atoms with Gasteiger partial charge >= 0.3 is 0 Å². The number of nitrogen functional groups attached to an aromatic ring is 1. The third-order valence-electron chi connectivity index (χ3n) is 3.48. The molecule has 3 N–H and O–H groups in total. The number of likely N-dealkylation sites (tertiary alicyclic amines) is 1. The van der Waals surface area contributed by atoms with Gasteiger partial charge in [0.25, 0.3) is 5.91 Å². The summed E-state index contributed by atoms with van der Waals surface area (Å²) in [6.45, 7) is 7.33. The molecule has 0 spiro atoms. The molecule has 0 aromatic carbocycles. The predicted molar refractivity (Wildman–Crippen MR) is 78.5 cm³/mol. The van der Waals surface area contributed by atoms with Gasteiger partial charge < -0.3 is 16.0 Å². The minimum atomic E-state index is -0.0272. The van der Waals surface area contributed by atoms with E-state index in [1.54, 1.807) is 0 Å². The molecule has 0 aliphatic carbocycles. The van der Waals surface area contributed by atoms with Crippen molar-refractivity contribution in [2.45, 2.75) is 39.2 Å². The Morgan fingerprint density at radius 1 is 1.53 bits per heavy atom. The topological polar surface area (TPSA) is 71.2 Å². The second-order valence-corrected chi connectivity index (χ2v) is 6.09. The quantitative estimate of drug-likeness (QED) is 0.880. The van der Waals surface area contributed by atoms with Crippen molar-refractivity contribution >= 4 is 22.4 Å². The molecule has 0 bridgehead atoms. The molecule has 0 atom stereocenters. The average Bonchev–Trinajstić information content (AvgIpc) is 2.71. The molecule has 6 heteroatoms. The molecule has 106 valence electrons. The molecule has 0 radical (unpaired) electrons. The number of piperidine rings is 1. The number of hydrogen-bond acceptors (Lipinski definition) is 5. The van der Waals surface area contributed by atoms with Gasteiger partial charge in [0, 0.05) is 19.1 Å². The Bertz CT molecular complexity index is 438. The number of thiazole rings is 1. The summed E-state index contributed by atoms with van der Waals surface area (Å²) in [6, 6.07) is 0.281. The van der Waals surface area contributed by atoms with E-state index in [-0.39, 0.29) is 11.9 Å². The second kappa shape index (κ2) is 6.34. The SMILES string of the molecule is CCCN1CCC(NC(=O)c2sc(N)nc2C)CC1. The van der Waals surface area contributed by atoms with Crippen LogP contribution in [0.25, 0.3) is 0 Å². The minimum Gasteiger partial charge on any atom is -0.375 e. The van der Waals surface area contributed by atoms with Gasteiger partial charge in [0.1, 0.15) is 4.88 Å². The molecule has 1 aliphatic heterocycles. The number of carbonyl (C=O) groups is 1. The lowest BCUT2D eigenvalue weighted by Gasteiger charge is -2.31. The van der Waals surface area contributed by atoms with Crippen LogP contribution in [0, 0.1) is 6.92 Å². The van der Waals surface area contributed by atoms with Gasteiger partial charge in [-0.2, -0.15) is 0 Å². The molecule has 19 heavy (non-hydrogen) atoms. The molecular weight excluding hydrogens is 260 g/mol. The van der Waals surface area contributed by atoms with Crippen molar-refractivity contribution in [2.24, 2.45) is 0 Å². The molecule has 1 aromatic rings. The number of anilines is 1. The molecule has 2 heterocycles. The van der Waals surface area contributed by atoms with Gasteiger partial charge in [-0.15, -0.1) is 0 Å². The molecule has 1 aliphatic rings. The van der Waals surface area contributed by atoms with E-state index in [9.17, 15) is 4.79 Å². The standard InChI is InChI=1S/C13H22N4OS/c1-3-6-17-7-4-10(5-8-17)16-12(18)11-9(2)15-13(14)19-11/h10H,3-8H2,1-2H3,(H2,14,15)(H,16,18). The molecule has 0 saturated carbocycles. The Hall–Kier alpha value is -1.14. The van der Waals surface area contributed by atoms with E-state index in [4.69, 9.17) is 5.73 Å². The van der Waals surface area contributed by atoms with Gasteiger partial charge in [-0.3, -0.25) is 4.79 Å². The lowest BCUT2D eigenvalue weighted by atomic mass is 10.0. The highest BCUT2D eigenvalue weighted by Gasteiger charge is 2.22. The van der Waals surface area contributed by atoms with Crippen LogP contribution >= 0.6 is 11.3 Å². The summed E-state index contributed by atoms with van der Waals surface area (Å²) in [4.78, 5) is 19.3. The number of rotatable bonds is 4. The summed E-state index contributed by atoms with van der Waals surface area (Å²) >= 11 is 1.26. The number of nitrogens with two attached hydrogens (primary N) is 1. The third kappa shape index (κ3) is 3.67. The average molecular weight is 282 g/mol. The second-order valence-electron chi connectivity index (χ2n) is 5.06. The third-order valence-corrected chi connectivity index (χ3v) is 4.47. The first-order valence-electron chi connectivity index (χ1n) is 6.86. The summed E-state index contributed by atoms with van der Waals surface area (Å²) < 4.78 is 0. The van der Waals surface area contributed by atoms with Crippen molar-refractivity contribution < 1.29 is 4.79 Å². The normalized spacial score (nSPS) is 17.6. The summed E-state index contributed by atoms with van der Waals surface area (Å²) in [5, 5.41) is 3.56. The molecule has 1 amide bonds. The predicted octanol–water partition coefficient (Wildman–Crippen LogP) is 1.64. The first kappa shape index (κ1) is 14.3. The van der Waals surface area contributed by atoms with Crippen LogP contribution in [0.5, 0.6) is 0 Å². The molecule has 2 rings (SSSR count). The maximum atomic E-state index is 12.1. The molecular formula is C13H22N4OS. The van der Waals surface area contributed by atoms with Crippen molar-refractivity contribution in [1.82, 2.24) is 15.2 Å². The minimum absolute atomic E-state index is 0.0272. The molecule has 1 fully saturated rings. The number of nitrogens with one attached hydrogen (secondary N) is 1. The van der Waals surface area contributed by atoms with E-state index in [1.807, 2.05) is 6.92 Å². The Balaban J connectivity index is 1.85. The van der Waals surface area contributed by atoms with Gasteiger partial charge in [0.15, 0.2) is 5.13 Å². The fraction of sp³-hybridized carbons (Fsp3) is 0.692. The number of hydrogen-bond donors (Lipinski definition) is 2. The van der Waals surface area contributed by atoms with Crippen molar-refractivity contribution in [1.29, 1.82) is 0 Å². The van der Waals surface area contributed by atoms with Gasteiger partial charge in [0.05, 0.1) is 5.69 Å². The van der Waals surface area contributed by atoms with Crippen LogP contribution in [-0.4, -0.2) is 41.5 Å². The summed E-state index contributed by atoms with van der Waals surface area (Å²) in [6.07, 6.45) is 3.24. The monoisotopic (exact) mass is 282 g/mol. The Morgan fingerprint density at radius 2 is 2.21 bits per heavy atom. The van der Waals surface area contributed by atoms with E-state index in [0.717, 1.165) is 38.2 Å². The zero-order valence-corrected chi connectivity index (χ0v) is 12.4. The van der Waals surface area contributed by atoms with Crippen LogP contribution < -0.4 is 11.1 Å². The largest absolute Gasteiger partial charge is 0.375 e. The number of carbonyl (C=O) groups excluding carboxylic acids is 1. The van der Waals surface area contributed by atoms with Crippen LogP contribution in [0.1, 0.15) is 41.6 Å². The highest BCUT2D eigenvalue weighted by Crippen LogP contribution is 2.20. The summed E-state index contributed by atoms with van der Waals surface area (Å²) in [5.41, 5.74) is 6.35. The zero-order chi connectivity index (χ0) is 13.8. The van der Waals surface area contributed by atoms with Crippen LogP contribution in [0.2, 0.25) is 0 Å². The van der Waals surface area contributed by atoms with Crippen molar-refractivity contribution in [3.8, 4) is 0 Å². The lowest BCUT2D eigenvalue weighted by molar-refractivity contribution is 0.0914. The number of amides is 1. The number of aromatic nitrogens is 1. The molecule has 1 saturated heterocycles. The van der Waals surface area contributed by atoms with Crippen molar-refractivity contribution in [3.63, 3.8) is 0 Å². The van der Waals surface area contributed by atoms with Gasteiger partial charge in [-0.05, 0) is 32.7 Å². The van der Waals surface area contributed by atoms with E-state index >= 15 is 0 Å². The fourth-order valence-electron chi connectivity index (χ4n) is 2.50. The van der Waals surface area contributed by atoms with Crippen molar-refractivity contribution in [3.05, 3.63) is 10.6 Å². The highest BCUT2D eigenvalue weighted by atomic mass is 32.1. The van der Waals surface area contributed by atoms with E-state index in [0.29, 0.717) is 10.0 Å². The van der Waals surface area contributed by atoms with E-state index < -0.39 is 0 Å².